The molecule has 1 rings (SSSR count). The minimum absolute atomic E-state index is 0.00341. The highest BCUT2D eigenvalue weighted by Gasteiger charge is 2.39. The lowest BCUT2D eigenvalue weighted by molar-refractivity contribution is -0.139. The molecular weight excluding hydrogens is 302 g/mol. The molecule has 0 aromatic heterocycles. The van der Waals surface area contributed by atoms with Gasteiger partial charge in [-0.2, -0.15) is 0 Å². The van der Waals surface area contributed by atoms with Gasteiger partial charge in [0.25, 0.3) is 0 Å². The van der Waals surface area contributed by atoms with E-state index in [9.17, 15) is 14.7 Å². The molecule has 1 aliphatic heterocycles. The third-order valence-electron chi connectivity index (χ3n) is 5.64. The van der Waals surface area contributed by atoms with E-state index in [1.807, 2.05) is 6.92 Å². The number of nitrogens with one attached hydrogen (secondary N) is 1. The molecule has 140 valence electrons. The Morgan fingerprint density at radius 1 is 1.00 bits per heavy atom. The fourth-order valence-corrected chi connectivity index (χ4v) is 3.77. The van der Waals surface area contributed by atoms with E-state index in [2.05, 4.69) is 19.2 Å². The number of amides is 1. The molecule has 1 amide bonds. The highest BCUT2D eigenvalue weighted by atomic mass is 16.3. The molecule has 2 N–H and O–H groups in total. The van der Waals surface area contributed by atoms with E-state index >= 15 is 0 Å². The van der Waals surface area contributed by atoms with Gasteiger partial charge in [0.1, 0.15) is 5.78 Å². The van der Waals surface area contributed by atoms with Crippen LogP contribution in [0, 0.1) is 23.2 Å². The quantitative estimate of drug-likeness (QED) is 0.707. The van der Waals surface area contributed by atoms with Crippen LogP contribution >= 0.6 is 0 Å². The smallest absolute Gasteiger partial charge is 0.222 e. The Bertz CT molecular complexity index is 419. The number of hydrogen-bond acceptors (Lipinski definition) is 3. The second kappa shape index (κ2) is 9.55. The van der Waals surface area contributed by atoms with Gasteiger partial charge in [-0.1, -0.05) is 53.9 Å². The molecule has 0 saturated carbocycles. The number of aliphatic hydroxyl groups is 1. The van der Waals surface area contributed by atoms with Crippen molar-refractivity contribution in [3.8, 4) is 0 Å². The highest BCUT2D eigenvalue weighted by Crippen LogP contribution is 2.31. The zero-order valence-electron chi connectivity index (χ0n) is 16.2. The predicted molar refractivity (Wildman–Crippen MR) is 97.6 cm³/mol. The normalized spacial score (nSPS) is 34.6. The summed E-state index contributed by atoms with van der Waals surface area (Å²) in [6.45, 7) is 10.6. The van der Waals surface area contributed by atoms with Gasteiger partial charge in [0.2, 0.25) is 5.91 Å². The molecule has 0 aliphatic carbocycles. The van der Waals surface area contributed by atoms with Crippen LogP contribution in [0.4, 0.5) is 0 Å². The zero-order chi connectivity index (χ0) is 18.3. The molecule has 0 bridgehead atoms. The van der Waals surface area contributed by atoms with Crippen molar-refractivity contribution in [2.75, 3.05) is 6.54 Å². The van der Waals surface area contributed by atoms with Crippen molar-refractivity contribution in [2.24, 2.45) is 23.2 Å². The van der Waals surface area contributed by atoms with Crippen LogP contribution in [-0.4, -0.2) is 29.4 Å². The van der Waals surface area contributed by atoms with E-state index in [0.717, 1.165) is 25.7 Å². The van der Waals surface area contributed by atoms with Gasteiger partial charge in [0.15, 0.2) is 0 Å². The first-order valence-corrected chi connectivity index (χ1v) is 9.63. The lowest BCUT2D eigenvalue weighted by Gasteiger charge is -2.32. The van der Waals surface area contributed by atoms with Gasteiger partial charge in [0.05, 0.1) is 17.9 Å². The van der Waals surface area contributed by atoms with Crippen molar-refractivity contribution in [3.63, 3.8) is 0 Å². The van der Waals surface area contributed by atoms with Gasteiger partial charge in [-0.15, -0.1) is 0 Å². The topological polar surface area (TPSA) is 66.4 Å². The molecule has 0 radical (unpaired) electrons. The number of hydrogen-bond donors (Lipinski definition) is 2. The molecule has 4 nitrogen and oxygen atoms in total. The van der Waals surface area contributed by atoms with Gasteiger partial charge in [-0.05, 0) is 31.1 Å². The average Bonchev–Trinajstić information content (AvgIpc) is 2.49. The van der Waals surface area contributed by atoms with Gasteiger partial charge < -0.3 is 10.4 Å². The summed E-state index contributed by atoms with van der Waals surface area (Å²) in [5.41, 5.74) is -0.887. The molecule has 1 aliphatic rings. The number of aliphatic hydroxyl groups excluding tert-OH is 1. The standard InChI is InChI=1S/C20H37NO3/c1-14-8-6-9-15(2)12-16(3)19(24)20(4,5)17(22)13-18(23)21-11-7-10-14/h14-17,22H,6-13H2,1-5H3,(H,21,23)/t14-,15-,16+,17-/m0/s1. The summed E-state index contributed by atoms with van der Waals surface area (Å²) in [5.74, 6) is 1.00. The number of rotatable bonds is 0. The summed E-state index contributed by atoms with van der Waals surface area (Å²) in [6.07, 6.45) is 5.57. The van der Waals surface area contributed by atoms with Crippen LogP contribution in [0.15, 0.2) is 0 Å². The SMILES string of the molecule is C[C@@H]1CCCNC(=O)C[C@H](O)C(C)(C)C(=O)[C@H](C)C[C@@H](C)CCC1. The Balaban J connectivity index is 2.80. The van der Waals surface area contributed by atoms with Crippen LogP contribution in [-0.2, 0) is 9.59 Å². The maximum absolute atomic E-state index is 12.8. The van der Waals surface area contributed by atoms with Gasteiger partial charge in [-0.3, -0.25) is 9.59 Å². The Morgan fingerprint density at radius 2 is 1.58 bits per heavy atom. The lowest BCUT2D eigenvalue weighted by atomic mass is 9.74. The van der Waals surface area contributed by atoms with Gasteiger partial charge in [-0.25, -0.2) is 0 Å². The second-order valence-electron chi connectivity index (χ2n) is 8.58. The van der Waals surface area contributed by atoms with E-state index in [1.165, 1.54) is 12.8 Å². The third kappa shape index (κ3) is 6.54. The first-order chi connectivity index (χ1) is 11.1. The maximum atomic E-state index is 12.8. The number of carbonyl (C=O) groups excluding carboxylic acids is 2. The van der Waals surface area contributed by atoms with Crippen molar-refractivity contribution in [1.29, 1.82) is 0 Å². The fraction of sp³-hybridized carbons (Fsp3) is 0.900. The van der Waals surface area contributed by atoms with E-state index in [1.54, 1.807) is 13.8 Å². The molecule has 4 atom stereocenters. The Kier molecular flexibility index (Phi) is 8.41. The zero-order valence-corrected chi connectivity index (χ0v) is 16.2. The Morgan fingerprint density at radius 3 is 2.25 bits per heavy atom. The van der Waals surface area contributed by atoms with Crippen LogP contribution in [0.3, 0.4) is 0 Å². The second-order valence-corrected chi connectivity index (χ2v) is 8.58. The molecule has 1 heterocycles. The Labute approximate surface area is 147 Å². The van der Waals surface area contributed by atoms with Crippen molar-refractivity contribution in [1.82, 2.24) is 5.32 Å². The summed E-state index contributed by atoms with van der Waals surface area (Å²) in [7, 11) is 0. The van der Waals surface area contributed by atoms with Crippen LogP contribution in [0.1, 0.15) is 79.6 Å². The molecule has 1 fully saturated rings. The van der Waals surface area contributed by atoms with Crippen LogP contribution in [0.2, 0.25) is 0 Å². The monoisotopic (exact) mass is 339 g/mol. The minimum Gasteiger partial charge on any atom is -0.392 e. The summed E-state index contributed by atoms with van der Waals surface area (Å²) in [6, 6.07) is 0. The van der Waals surface area contributed by atoms with E-state index in [-0.39, 0.29) is 24.0 Å². The Hall–Kier alpha value is -0.900. The largest absolute Gasteiger partial charge is 0.392 e. The van der Waals surface area contributed by atoms with Crippen LogP contribution in [0.25, 0.3) is 0 Å². The van der Waals surface area contributed by atoms with E-state index < -0.39 is 11.5 Å². The summed E-state index contributed by atoms with van der Waals surface area (Å²) in [4.78, 5) is 24.8. The number of ketones is 1. The molecular formula is C20H37NO3. The maximum Gasteiger partial charge on any atom is 0.222 e. The summed E-state index contributed by atoms with van der Waals surface area (Å²) in [5, 5.41) is 13.3. The van der Waals surface area contributed by atoms with E-state index in [0.29, 0.717) is 18.4 Å². The van der Waals surface area contributed by atoms with Crippen LogP contribution < -0.4 is 5.32 Å². The molecule has 4 heteroatoms. The summed E-state index contributed by atoms with van der Waals surface area (Å²) < 4.78 is 0. The van der Waals surface area contributed by atoms with Crippen molar-refractivity contribution < 1.29 is 14.7 Å². The first kappa shape index (κ1) is 21.1. The van der Waals surface area contributed by atoms with Crippen molar-refractivity contribution in [3.05, 3.63) is 0 Å². The van der Waals surface area contributed by atoms with Crippen molar-refractivity contribution in [2.45, 2.75) is 85.7 Å². The fourth-order valence-electron chi connectivity index (χ4n) is 3.77. The third-order valence-corrected chi connectivity index (χ3v) is 5.64. The molecule has 24 heavy (non-hydrogen) atoms. The molecule has 0 aromatic rings. The van der Waals surface area contributed by atoms with Crippen molar-refractivity contribution >= 4 is 11.7 Å². The molecule has 0 aromatic carbocycles. The van der Waals surface area contributed by atoms with Gasteiger partial charge >= 0.3 is 0 Å². The number of carbonyl (C=O) groups is 2. The number of Topliss-reactive ketones (excluding diaryl/α,β-unsaturated/α-hetero) is 1. The lowest BCUT2D eigenvalue weighted by Crippen LogP contribution is -2.43. The first-order valence-electron chi connectivity index (χ1n) is 9.63. The highest BCUT2D eigenvalue weighted by molar-refractivity contribution is 5.87. The van der Waals surface area contributed by atoms with E-state index in [4.69, 9.17) is 0 Å². The average molecular weight is 340 g/mol. The predicted octanol–water partition coefficient (Wildman–Crippen LogP) is 3.71. The molecule has 0 unspecified atom stereocenters. The summed E-state index contributed by atoms with van der Waals surface area (Å²) >= 11 is 0. The molecule has 0 spiro atoms. The molecule has 1 saturated heterocycles. The van der Waals surface area contributed by atoms with Crippen LogP contribution in [0.5, 0.6) is 0 Å². The minimum atomic E-state index is -0.936. The van der Waals surface area contributed by atoms with Gasteiger partial charge in [0, 0.05) is 12.5 Å².